The minimum Gasteiger partial charge on any atom is -0.382 e. The topological polar surface area (TPSA) is 43.8 Å². The molecule has 5 heteroatoms. The Kier molecular flexibility index (Phi) is 5.78. The Hall–Kier alpha value is -1.01. The standard InChI is InChI=1S/C17H26N2O3/c1-20-9-10-22-17-4-7-19(15-5-8-21-13-15)16(17)11-14-3-2-6-18-12-14/h2-3,6,12,15-17H,4-5,7-11,13H2,1H3/t15?,16-,17-/m1/s1. The number of hydrogen-bond acceptors (Lipinski definition) is 5. The van der Waals surface area contributed by atoms with E-state index in [1.54, 1.807) is 7.11 Å². The first-order valence-electron chi connectivity index (χ1n) is 8.21. The van der Waals surface area contributed by atoms with E-state index in [1.165, 1.54) is 5.56 Å². The zero-order valence-electron chi connectivity index (χ0n) is 13.3. The minimum atomic E-state index is 0.274. The first kappa shape index (κ1) is 15.9. The van der Waals surface area contributed by atoms with Gasteiger partial charge in [-0.05, 0) is 30.9 Å². The maximum absolute atomic E-state index is 6.09. The van der Waals surface area contributed by atoms with Gasteiger partial charge >= 0.3 is 0 Å². The Morgan fingerprint density at radius 1 is 1.36 bits per heavy atom. The molecule has 0 aliphatic carbocycles. The van der Waals surface area contributed by atoms with Crippen molar-refractivity contribution in [2.75, 3.05) is 40.1 Å². The summed E-state index contributed by atoms with van der Waals surface area (Å²) in [5, 5.41) is 0. The zero-order chi connectivity index (χ0) is 15.2. The van der Waals surface area contributed by atoms with E-state index in [0.717, 1.165) is 39.0 Å². The van der Waals surface area contributed by atoms with Crippen molar-refractivity contribution in [2.24, 2.45) is 0 Å². The van der Waals surface area contributed by atoms with E-state index < -0.39 is 0 Å². The molecule has 0 aromatic carbocycles. The van der Waals surface area contributed by atoms with Crippen molar-refractivity contribution < 1.29 is 14.2 Å². The van der Waals surface area contributed by atoms with Crippen molar-refractivity contribution in [2.45, 2.75) is 37.5 Å². The van der Waals surface area contributed by atoms with Gasteiger partial charge in [-0.2, -0.15) is 0 Å². The number of ether oxygens (including phenoxy) is 3. The number of likely N-dealkylation sites (tertiary alicyclic amines) is 1. The van der Waals surface area contributed by atoms with Gasteiger partial charge in [0, 0.05) is 44.7 Å². The van der Waals surface area contributed by atoms with Crippen LogP contribution < -0.4 is 0 Å². The summed E-state index contributed by atoms with van der Waals surface area (Å²) < 4.78 is 16.8. The van der Waals surface area contributed by atoms with Gasteiger partial charge in [0.15, 0.2) is 0 Å². The van der Waals surface area contributed by atoms with Gasteiger partial charge in [-0.3, -0.25) is 9.88 Å². The lowest BCUT2D eigenvalue weighted by Gasteiger charge is -2.32. The summed E-state index contributed by atoms with van der Waals surface area (Å²) >= 11 is 0. The van der Waals surface area contributed by atoms with E-state index in [-0.39, 0.29) is 6.10 Å². The van der Waals surface area contributed by atoms with E-state index >= 15 is 0 Å². The smallest absolute Gasteiger partial charge is 0.0746 e. The lowest BCUT2D eigenvalue weighted by molar-refractivity contribution is -0.00621. The summed E-state index contributed by atoms with van der Waals surface area (Å²) in [7, 11) is 1.72. The Morgan fingerprint density at radius 3 is 3.05 bits per heavy atom. The van der Waals surface area contributed by atoms with Crippen LogP contribution in [0.2, 0.25) is 0 Å². The molecule has 1 unspecified atom stereocenters. The summed E-state index contributed by atoms with van der Waals surface area (Å²) in [5.41, 5.74) is 1.28. The number of hydrogen-bond donors (Lipinski definition) is 0. The van der Waals surface area contributed by atoms with Gasteiger partial charge in [0.2, 0.25) is 0 Å². The Balaban J connectivity index is 1.67. The normalized spacial score (nSPS) is 29.2. The molecule has 3 heterocycles. The first-order valence-corrected chi connectivity index (χ1v) is 8.21. The van der Waals surface area contributed by atoms with E-state index in [9.17, 15) is 0 Å². The van der Waals surface area contributed by atoms with Crippen molar-refractivity contribution >= 4 is 0 Å². The lowest BCUT2D eigenvalue weighted by atomic mass is 10.0. The van der Waals surface area contributed by atoms with Crippen molar-refractivity contribution in [1.82, 2.24) is 9.88 Å². The SMILES string of the molecule is COCCO[C@@H]1CCN(C2CCOC2)[C@@H]1Cc1cccnc1. The van der Waals surface area contributed by atoms with Crippen LogP contribution in [0, 0.1) is 0 Å². The molecule has 1 aromatic heterocycles. The molecule has 2 fully saturated rings. The summed E-state index contributed by atoms with van der Waals surface area (Å²) in [6.45, 7) is 4.16. The predicted molar refractivity (Wildman–Crippen MR) is 83.9 cm³/mol. The summed E-state index contributed by atoms with van der Waals surface area (Å²) in [6.07, 6.45) is 7.28. The van der Waals surface area contributed by atoms with Crippen LogP contribution in [-0.2, 0) is 20.6 Å². The molecule has 3 atom stereocenters. The van der Waals surface area contributed by atoms with Crippen LogP contribution in [0.4, 0.5) is 0 Å². The third-order valence-corrected chi connectivity index (χ3v) is 4.69. The van der Waals surface area contributed by atoms with Gasteiger partial charge in [-0.1, -0.05) is 6.07 Å². The minimum absolute atomic E-state index is 0.274. The zero-order valence-corrected chi connectivity index (χ0v) is 13.3. The van der Waals surface area contributed by atoms with Crippen LogP contribution in [0.5, 0.6) is 0 Å². The fraction of sp³-hybridized carbons (Fsp3) is 0.706. The molecule has 0 saturated carbocycles. The molecule has 3 rings (SSSR count). The quantitative estimate of drug-likeness (QED) is 0.715. The number of rotatable bonds is 7. The Labute approximate surface area is 132 Å². The monoisotopic (exact) mass is 306 g/mol. The maximum Gasteiger partial charge on any atom is 0.0746 e. The highest BCUT2D eigenvalue weighted by Crippen LogP contribution is 2.29. The van der Waals surface area contributed by atoms with Gasteiger partial charge in [0.1, 0.15) is 0 Å². The Bertz CT molecular complexity index is 437. The second kappa shape index (κ2) is 8.02. The molecular formula is C17H26N2O3. The van der Waals surface area contributed by atoms with Crippen LogP contribution in [0.25, 0.3) is 0 Å². The van der Waals surface area contributed by atoms with Crippen molar-refractivity contribution in [3.05, 3.63) is 30.1 Å². The largest absolute Gasteiger partial charge is 0.382 e. The van der Waals surface area contributed by atoms with Gasteiger partial charge in [0.05, 0.1) is 25.9 Å². The second-order valence-electron chi connectivity index (χ2n) is 6.08. The van der Waals surface area contributed by atoms with Gasteiger partial charge in [-0.15, -0.1) is 0 Å². The maximum atomic E-state index is 6.09. The molecular weight excluding hydrogens is 280 g/mol. The van der Waals surface area contributed by atoms with E-state index in [2.05, 4.69) is 16.0 Å². The first-order chi connectivity index (χ1) is 10.9. The molecule has 0 spiro atoms. The average molecular weight is 306 g/mol. The third kappa shape index (κ3) is 3.84. The van der Waals surface area contributed by atoms with Gasteiger partial charge < -0.3 is 14.2 Å². The molecule has 0 bridgehead atoms. The number of pyridine rings is 1. The molecule has 0 radical (unpaired) electrons. The number of aromatic nitrogens is 1. The van der Waals surface area contributed by atoms with Crippen molar-refractivity contribution in [3.63, 3.8) is 0 Å². The Morgan fingerprint density at radius 2 is 2.32 bits per heavy atom. The van der Waals surface area contributed by atoms with E-state index in [1.807, 2.05) is 18.5 Å². The highest BCUT2D eigenvalue weighted by atomic mass is 16.5. The lowest BCUT2D eigenvalue weighted by Crippen LogP contribution is -2.44. The number of nitrogens with zero attached hydrogens (tertiary/aromatic N) is 2. The highest BCUT2D eigenvalue weighted by Gasteiger charge is 2.39. The molecule has 0 amide bonds. The third-order valence-electron chi connectivity index (χ3n) is 4.69. The average Bonchev–Trinajstić information content (AvgIpc) is 3.19. The molecule has 22 heavy (non-hydrogen) atoms. The summed E-state index contributed by atoms with van der Waals surface area (Å²) in [6, 6.07) is 5.11. The van der Waals surface area contributed by atoms with Crippen LogP contribution >= 0.6 is 0 Å². The predicted octanol–water partition coefficient (Wildman–Crippen LogP) is 1.52. The number of methoxy groups -OCH3 is 1. The molecule has 122 valence electrons. The van der Waals surface area contributed by atoms with Crippen LogP contribution in [0.3, 0.4) is 0 Å². The molecule has 0 N–H and O–H groups in total. The molecule has 5 nitrogen and oxygen atoms in total. The van der Waals surface area contributed by atoms with Crippen molar-refractivity contribution in [3.8, 4) is 0 Å². The van der Waals surface area contributed by atoms with Gasteiger partial charge in [-0.25, -0.2) is 0 Å². The fourth-order valence-electron chi connectivity index (χ4n) is 3.57. The molecule has 2 aliphatic rings. The molecule has 1 aromatic rings. The summed E-state index contributed by atoms with van der Waals surface area (Å²) in [4.78, 5) is 6.84. The van der Waals surface area contributed by atoms with Crippen LogP contribution in [0.1, 0.15) is 18.4 Å². The van der Waals surface area contributed by atoms with E-state index in [4.69, 9.17) is 14.2 Å². The summed E-state index contributed by atoms with van der Waals surface area (Å²) in [5.74, 6) is 0. The second-order valence-corrected chi connectivity index (χ2v) is 6.08. The van der Waals surface area contributed by atoms with Crippen LogP contribution in [0.15, 0.2) is 24.5 Å². The van der Waals surface area contributed by atoms with Crippen molar-refractivity contribution in [1.29, 1.82) is 0 Å². The highest BCUT2D eigenvalue weighted by molar-refractivity contribution is 5.12. The molecule has 2 aliphatic heterocycles. The van der Waals surface area contributed by atoms with Crippen LogP contribution in [-0.4, -0.2) is 68.2 Å². The van der Waals surface area contributed by atoms with E-state index in [0.29, 0.717) is 25.3 Å². The molecule has 2 saturated heterocycles. The van der Waals surface area contributed by atoms with Gasteiger partial charge in [0.25, 0.3) is 0 Å². The fourth-order valence-corrected chi connectivity index (χ4v) is 3.57.